The van der Waals surface area contributed by atoms with Crippen molar-refractivity contribution in [1.82, 2.24) is 0 Å². The van der Waals surface area contributed by atoms with E-state index in [0.717, 1.165) is 79.7 Å². The third-order valence-electron chi connectivity index (χ3n) is 13.0. The number of benzene rings is 7. The van der Waals surface area contributed by atoms with Gasteiger partial charge in [0, 0.05) is 22.7 Å². The van der Waals surface area contributed by atoms with Gasteiger partial charge in [0.1, 0.15) is 11.2 Å². The summed E-state index contributed by atoms with van der Waals surface area (Å²) in [6.07, 6.45) is 7.21. The minimum absolute atomic E-state index is 0.700. The van der Waals surface area contributed by atoms with Crippen LogP contribution in [0.1, 0.15) is 43.6 Å². The Morgan fingerprint density at radius 3 is 1.27 bits per heavy atom. The molecule has 4 aliphatic carbocycles. The quantitative estimate of drug-likeness (QED) is 0.156. The maximum Gasteiger partial charge on any atom is 0.137 e. The van der Waals surface area contributed by atoms with Gasteiger partial charge in [-0.3, -0.25) is 0 Å². The predicted octanol–water partition coefficient (Wildman–Crippen LogP) is 14.7. The summed E-state index contributed by atoms with van der Waals surface area (Å²) in [5, 5.41) is 2.19. The second kappa shape index (κ2) is 13.4. The number of anilines is 6. The summed E-state index contributed by atoms with van der Waals surface area (Å²) >= 11 is 0. The predicted molar refractivity (Wildman–Crippen MR) is 228 cm³/mol. The normalized spacial score (nSPS) is 21.3. The van der Waals surface area contributed by atoms with Crippen molar-refractivity contribution in [2.24, 2.45) is 23.7 Å². The topological polar surface area (TPSA) is 19.6 Å². The second-order valence-corrected chi connectivity index (χ2v) is 16.2. The number of nitrogens with zero attached hydrogens (tertiary/aromatic N) is 2. The Morgan fingerprint density at radius 1 is 0.364 bits per heavy atom. The zero-order valence-corrected chi connectivity index (χ0v) is 31.0. The highest BCUT2D eigenvalue weighted by atomic mass is 16.3. The van der Waals surface area contributed by atoms with E-state index < -0.39 is 0 Å². The summed E-state index contributed by atoms with van der Waals surface area (Å²) in [6.45, 7) is 0. The molecule has 1 aromatic heterocycles. The van der Waals surface area contributed by atoms with Crippen molar-refractivity contribution in [1.29, 1.82) is 0 Å². The standard InChI is InChI=1S/C52H44N2O/c1-4-12-37(13-5-1)38-22-26-44(27-23-38)54(45-28-24-39(25-29-45)50-40-31-35-30-36(33-40)34-41(50)32-35)47-19-11-21-49-52(47)51-46(18-10-20-48(51)55-49)53(42-14-6-2-7-15-42)43-16-8-3-9-17-43/h1-29,35-36,40-41,50H,30-34H2. The van der Waals surface area contributed by atoms with Crippen LogP contribution < -0.4 is 9.80 Å². The Bertz CT molecular complexity index is 2530. The van der Waals surface area contributed by atoms with Gasteiger partial charge in [-0.1, -0.05) is 103 Å². The molecule has 268 valence electrons. The Kier molecular flexibility index (Phi) is 7.86. The molecular formula is C52H44N2O. The highest BCUT2D eigenvalue weighted by Gasteiger charge is 2.48. The maximum atomic E-state index is 6.75. The van der Waals surface area contributed by atoms with Crippen LogP contribution in [0.5, 0.6) is 0 Å². The van der Waals surface area contributed by atoms with Crippen LogP contribution in [0.4, 0.5) is 34.1 Å². The van der Waals surface area contributed by atoms with Crippen molar-refractivity contribution >= 4 is 56.1 Å². The lowest BCUT2D eigenvalue weighted by molar-refractivity contribution is -0.00277. The van der Waals surface area contributed by atoms with E-state index in [1.165, 1.54) is 48.8 Å². The largest absolute Gasteiger partial charge is 0.456 e. The van der Waals surface area contributed by atoms with Crippen molar-refractivity contribution in [3.05, 3.63) is 181 Å². The number of fused-ring (bicyclic) bond motifs is 3. The van der Waals surface area contributed by atoms with Crippen LogP contribution >= 0.6 is 0 Å². The lowest BCUT2D eigenvalue weighted by Gasteiger charge is -2.54. The third kappa shape index (κ3) is 5.64. The summed E-state index contributed by atoms with van der Waals surface area (Å²) in [4.78, 5) is 4.80. The Morgan fingerprint density at radius 2 is 0.782 bits per heavy atom. The maximum absolute atomic E-state index is 6.75. The summed E-state index contributed by atoms with van der Waals surface area (Å²) in [5.41, 5.74) is 12.3. The van der Waals surface area contributed by atoms with Crippen molar-refractivity contribution in [2.75, 3.05) is 9.80 Å². The molecule has 0 amide bonds. The number of hydrogen-bond donors (Lipinski definition) is 0. The van der Waals surface area contributed by atoms with Crippen LogP contribution in [0.25, 0.3) is 33.1 Å². The molecule has 12 rings (SSSR count). The smallest absolute Gasteiger partial charge is 0.137 e. The minimum atomic E-state index is 0.700. The molecule has 0 saturated heterocycles. The van der Waals surface area contributed by atoms with Crippen LogP contribution in [-0.2, 0) is 0 Å². The van der Waals surface area contributed by atoms with Gasteiger partial charge in [-0.15, -0.1) is 0 Å². The zero-order valence-electron chi connectivity index (χ0n) is 31.0. The number of rotatable bonds is 8. The fourth-order valence-electron chi connectivity index (χ4n) is 11.0. The van der Waals surface area contributed by atoms with Gasteiger partial charge >= 0.3 is 0 Å². The van der Waals surface area contributed by atoms with Crippen molar-refractivity contribution in [3.63, 3.8) is 0 Å². The fraction of sp³-hybridized carbons (Fsp3) is 0.192. The first-order chi connectivity index (χ1) is 27.2. The second-order valence-electron chi connectivity index (χ2n) is 16.2. The van der Waals surface area contributed by atoms with Crippen LogP contribution in [0.2, 0.25) is 0 Å². The molecule has 3 nitrogen and oxygen atoms in total. The molecule has 7 aromatic carbocycles. The molecule has 0 radical (unpaired) electrons. The molecule has 8 aromatic rings. The zero-order chi connectivity index (χ0) is 36.3. The summed E-state index contributed by atoms with van der Waals surface area (Å²) in [7, 11) is 0. The monoisotopic (exact) mass is 712 g/mol. The Labute approximate surface area is 323 Å². The molecule has 0 atom stereocenters. The summed E-state index contributed by atoms with van der Waals surface area (Å²) < 4.78 is 6.75. The molecule has 1 heterocycles. The van der Waals surface area contributed by atoms with E-state index in [0.29, 0.717) is 5.92 Å². The first-order valence-corrected chi connectivity index (χ1v) is 20.2. The molecule has 4 saturated carbocycles. The van der Waals surface area contributed by atoms with Crippen LogP contribution in [-0.4, -0.2) is 0 Å². The van der Waals surface area contributed by atoms with Crippen LogP contribution in [0.15, 0.2) is 180 Å². The summed E-state index contributed by atoms with van der Waals surface area (Å²) in [5.74, 6) is 4.35. The van der Waals surface area contributed by atoms with Crippen molar-refractivity contribution in [2.45, 2.75) is 38.0 Å². The molecule has 55 heavy (non-hydrogen) atoms. The SMILES string of the molecule is c1ccc(-c2ccc(N(c3ccc(C4C5CC6CC(C5)CC4C6)cc3)c3cccc4oc5cccc(N(c6ccccc6)c6ccccc6)c5c34)cc2)cc1. The highest BCUT2D eigenvalue weighted by molar-refractivity contribution is 6.19. The van der Waals surface area contributed by atoms with Gasteiger partial charge in [0.15, 0.2) is 0 Å². The lowest BCUT2D eigenvalue weighted by Crippen LogP contribution is -2.43. The molecule has 4 bridgehead atoms. The van der Waals surface area contributed by atoms with E-state index in [1.54, 1.807) is 0 Å². The minimum Gasteiger partial charge on any atom is -0.456 e. The molecule has 0 unspecified atom stereocenters. The third-order valence-corrected chi connectivity index (χ3v) is 13.0. The number of furan rings is 1. The van der Waals surface area contributed by atoms with Gasteiger partial charge < -0.3 is 14.2 Å². The van der Waals surface area contributed by atoms with Crippen molar-refractivity contribution in [3.8, 4) is 11.1 Å². The molecular weight excluding hydrogens is 669 g/mol. The van der Waals surface area contributed by atoms with Gasteiger partial charge in [-0.2, -0.15) is 0 Å². The number of para-hydroxylation sites is 2. The van der Waals surface area contributed by atoms with E-state index in [4.69, 9.17) is 4.42 Å². The number of hydrogen-bond acceptors (Lipinski definition) is 3. The van der Waals surface area contributed by atoms with Gasteiger partial charge in [0.05, 0.1) is 22.1 Å². The highest BCUT2D eigenvalue weighted by Crippen LogP contribution is 2.60. The molecule has 0 aliphatic heterocycles. The Balaban J connectivity index is 1.09. The van der Waals surface area contributed by atoms with E-state index in [2.05, 4.69) is 186 Å². The molecule has 0 spiro atoms. The van der Waals surface area contributed by atoms with Crippen molar-refractivity contribution < 1.29 is 4.42 Å². The summed E-state index contributed by atoms with van der Waals surface area (Å²) in [6, 6.07) is 63.7. The van der Waals surface area contributed by atoms with Crippen LogP contribution in [0.3, 0.4) is 0 Å². The first kappa shape index (κ1) is 32.4. The average Bonchev–Trinajstić information content (AvgIpc) is 3.63. The van der Waals surface area contributed by atoms with Gasteiger partial charge in [0.25, 0.3) is 0 Å². The fourth-order valence-corrected chi connectivity index (χ4v) is 11.0. The van der Waals surface area contributed by atoms with Gasteiger partial charge in [0.2, 0.25) is 0 Å². The van der Waals surface area contributed by atoms with Gasteiger partial charge in [-0.25, -0.2) is 0 Å². The van der Waals surface area contributed by atoms with E-state index >= 15 is 0 Å². The molecule has 0 N–H and O–H groups in total. The van der Waals surface area contributed by atoms with E-state index in [9.17, 15) is 0 Å². The average molecular weight is 713 g/mol. The van der Waals surface area contributed by atoms with E-state index in [-0.39, 0.29) is 0 Å². The Hall–Kier alpha value is -6.06. The molecule has 4 aliphatic rings. The lowest BCUT2D eigenvalue weighted by atomic mass is 9.51. The van der Waals surface area contributed by atoms with E-state index in [1.807, 2.05) is 0 Å². The van der Waals surface area contributed by atoms with Crippen LogP contribution in [0, 0.1) is 23.7 Å². The molecule has 4 fully saturated rings. The molecule has 3 heteroatoms. The first-order valence-electron chi connectivity index (χ1n) is 20.2. The van der Waals surface area contributed by atoms with Gasteiger partial charge in [-0.05, 0) is 151 Å².